The first-order valence-electron chi connectivity index (χ1n) is 7.50. The maximum absolute atomic E-state index is 11.3. The van der Waals surface area contributed by atoms with Gasteiger partial charge in [-0.15, -0.1) is 0 Å². The fourth-order valence-corrected chi connectivity index (χ4v) is 3.12. The first kappa shape index (κ1) is 14.7. The molecule has 0 atom stereocenters. The molecule has 110 valence electrons. The van der Waals surface area contributed by atoms with E-state index >= 15 is 0 Å². The van der Waals surface area contributed by atoms with Crippen molar-refractivity contribution in [1.29, 1.82) is 0 Å². The molecule has 2 rings (SSSR count). The molecule has 4 heteroatoms. The fraction of sp³-hybridized carbons (Fsp3) is 0.562. The molecule has 0 amide bonds. The lowest BCUT2D eigenvalue weighted by Gasteiger charge is -2.30. The van der Waals surface area contributed by atoms with Crippen LogP contribution in [0.5, 0.6) is 0 Å². The van der Waals surface area contributed by atoms with E-state index in [-0.39, 0.29) is 5.56 Å². The summed E-state index contributed by atoms with van der Waals surface area (Å²) in [5, 5.41) is 12.6. The highest BCUT2D eigenvalue weighted by Gasteiger charge is 2.22. The van der Waals surface area contributed by atoms with Gasteiger partial charge in [0.25, 0.3) is 0 Å². The molecular formula is C16H24N2O2. The highest BCUT2D eigenvalue weighted by Crippen LogP contribution is 2.32. The second-order valence-electron chi connectivity index (χ2n) is 5.73. The first-order valence-corrected chi connectivity index (χ1v) is 7.50. The van der Waals surface area contributed by atoms with Gasteiger partial charge in [0.05, 0.1) is 16.9 Å². The van der Waals surface area contributed by atoms with Crippen molar-refractivity contribution < 1.29 is 9.90 Å². The minimum atomic E-state index is -0.931. The molecule has 0 spiro atoms. The van der Waals surface area contributed by atoms with E-state index in [9.17, 15) is 9.90 Å². The number of hydrogen-bond donors (Lipinski definition) is 3. The normalized spacial score (nSPS) is 22.4. The van der Waals surface area contributed by atoms with Crippen LogP contribution in [0.4, 0.5) is 11.4 Å². The third kappa shape index (κ3) is 3.44. The van der Waals surface area contributed by atoms with Crippen molar-refractivity contribution in [2.75, 3.05) is 11.1 Å². The predicted molar refractivity (Wildman–Crippen MR) is 82.1 cm³/mol. The van der Waals surface area contributed by atoms with Gasteiger partial charge < -0.3 is 16.2 Å². The minimum absolute atomic E-state index is 0.265. The lowest BCUT2D eigenvalue weighted by Crippen LogP contribution is -2.27. The summed E-state index contributed by atoms with van der Waals surface area (Å²) in [5.74, 6) is -0.0930. The second kappa shape index (κ2) is 6.64. The average molecular weight is 276 g/mol. The zero-order chi connectivity index (χ0) is 14.5. The number of nitrogens with two attached hydrogens (primary N) is 1. The van der Waals surface area contributed by atoms with E-state index in [4.69, 9.17) is 5.73 Å². The Kier molecular flexibility index (Phi) is 4.88. The maximum Gasteiger partial charge on any atom is 0.337 e. The van der Waals surface area contributed by atoms with Gasteiger partial charge >= 0.3 is 5.97 Å². The van der Waals surface area contributed by atoms with Crippen LogP contribution >= 0.6 is 0 Å². The Morgan fingerprint density at radius 1 is 1.35 bits per heavy atom. The number of carboxylic acids is 1. The smallest absolute Gasteiger partial charge is 0.337 e. The van der Waals surface area contributed by atoms with Crippen molar-refractivity contribution in [3.63, 3.8) is 0 Å². The number of benzene rings is 1. The van der Waals surface area contributed by atoms with E-state index in [1.807, 2.05) is 0 Å². The molecule has 0 saturated heterocycles. The lowest BCUT2D eigenvalue weighted by atomic mass is 9.83. The molecule has 0 heterocycles. The van der Waals surface area contributed by atoms with E-state index in [1.165, 1.54) is 25.7 Å². The molecule has 1 aromatic carbocycles. The number of rotatable bonds is 5. The van der Waals surface area contributed by atoms with Crippen LogP contribution in [0.2, 0.25) is 0 Å². The van der Waals surface area contributed by atoms with Crippen LogP contribution < -0.4 is 11.1 Å². The van der Waals surface area contributed by atoms with Gasteiger partial charge in [0, 0.05) is 6.04 Å². The summed E-state index contributed by atoms with van der Waals surface area (Å²) in [6.45, 7) is 2.23. The number of aromatic carboxylic acids is 1. The van der Waals surface area contributed by atoms with E-state index in [2.05, 4.69) is 12.2 Å². The zero-order valence-corrected chi connectivity index (χ0v) is 12.1. The summed E-state index contributed by atoms with van der Waals surface area (Å²) in [7, 11) is 0. The molecule has 4 N–H and O–H groups in total. The van der Waals surface area contributed by atoms with Gasteiger partial charge in [-0.1, -0.05) is 25.8 Å². The number of hydrogen-bond acceptors (Lipinski definition) is 3. The lowest BCUT2D eigenvalue weighted by molar-refractivity contribution is 0.0698. The van der Waals surface area contributed by atoms with Crippen molar-refractivity contribution in [2.45, 2.75) is 51.5 Å². The molecule has 0 aromatic heterocycles. The summed E-state index contributed by atoms with van der Waals surface area (Å²) in [6.07, 6.45) is 7.19. The van der Waals surface area contributed by atoms with Crippen LogP contribution in [-0.2, 0) is 0 Å². The summed E-state index contributed by atoms with van der Waals surface area (Å²) >= 11 is 0. The fourth-order valence-electron chi connectivity index (χ4n) is 3.12. The third-order valence-corrected chi connectivity index (χ3v) is 4.22. The van der Waals surface area contributed by atoms with E-state index in [0.29, 0.717) is 17.4 Å². The number of nitrogen functional groups attached to an aromatic ring is 1. The molecule has 4 nitrogen and oxygen atoms in total. The molecule has 1 aliphatic carbocycles. The molecule has 1 aromatic rings. The maximum atomic E-state index is 11.3. The number of para-hydroxylation sites is 1. The molecule has 0 aliphatic heterocycles. The van der Waals surface area contributed by atoms with Crippen molar-refractivity contribution in [1.82, 2.24) is 0 Å². The summed E-state index contributed by atoms with van der Waals surface area (Å²) in [4.78, 5) is 11.3. The number of nitrogens with one attached hydrogen (secondary N) is 1. The molecule has 0 radical (unpaired) electrons. The highest BCUT2D eigenvalue weighted by atomic mass is 16.4. The molecule has 0 bridgehead atoms. The highest BCUT2D eigenvalue weighted by molar-refractivity contribution is 5.97. The molecule has 1 aliphatic rings. The summed E-state index contributed by atoms with van der Waals surface area (Å²) in [6, 6.07) is 5.37. The predicted octanol–water partition coefficient (Wildman–Crippen LogP) is 3.74. The van der Waals surface area contributed by atoms with Gasteiger partial charge in [0.1, 0.15) is 0 Å². The van der Waals surface area contributed by atoms with E-state index < -0.39 is 5.97 Å². The number of anilines is 2. The largest absolute Gasteiger partial charge is 0.478 e. The minimum Gasteiger partial charge on any atom is -0.478 e. The van der Waals surface area contributed by atoms with Gasteiger partial charge in [0.15, 0.2) is 0 Å². The van der Waals surface area contributed by atoms with Gasteiger partial charge in [-0.2, -0.15) is 0 Å². The quantitative estimate of drug-likeness (QED) is 0.716. The van der Waals surface area contributed by atoms with Crippen molar-refractivity contribution in [3.05, 3.63) is 23.8 Å². The standard InChI is InChI=1S/C16H24N2O2/c1-2-4-11-7-9-12(10-8-11)18-15-13(16(19)20)5-3-6-14(15)17/h3,5-6,11-12,18H,2,4,7-10,17H2,1H3,(H,19,20). The van der Waals surface area contributed by atoms with Crippen LogP contribution in [0, 0.1) is 5.92 Å². The molecule has 1 fully saturated rings. The van der Waals surface area contributed by atoms with E-state index in [1.54, 1.807) is 18.2 Å². The SMILES string of the molecule is CCCC1CCC(Nc2c(N)cccc2C(=O)O)CC1. The van der Waals surface area contributed by atoms with Crippen LogP contribution in [-0.4, -0.2) is 17.1 Å². The van der Waals surface area contributed by atoms with Crippen molar-refractivity contribution in [2.24, 2.45) is 5.92 Å². The molecule has 0 unspecified atom stereocenters. The third-order valence-electron chi connectivity index (χ3n) is 4.22. The summed E-state index contributed by atoms with van der Waals surface area (Å²) in [5.41, 5.74) is 7.29. The van der Waals surface area contributed by atoms with Gasteiger partial charge in [-0.05, 0) is 43.7 Å². The van der Waals surface area contributed by atoms with Crippen molar-refractivity contribution >= 4 is 17.3 Å². The van der Waals surface area contributed by atoms with Crippen LogP contribution in [0.1, 0.15) is 55.8 Å². The van der Waals surface area contributed by atoms with Crippen molar-refractivity contribution in [3.8, 4) is 0 Å². The van der Waals surface area contributed by atoms with Gasteiger partial charge in [0.2, 0.25) is 0 Å². The Morgan fingerprint density at radius 2 is 2.05 bits per heavy atom. The van der Waals surface area contributed by atoms with Crippen LogP contribution in [0.25, 0.3) is 0 Å². The van der Waals surface area contributed by atoms with Gasteiger partial charge in [-0.3, -0.25) is 0 Å². The second-order valence-corrected chi connectivity index (χ2v) is 5.73. The van der Waals surface area contributed by atoms with Crippen LogP contribution in [0.15, 0.2) is 18.2 Å². The topological polar surface area (TPSA) is 75.3 Å². The Balaban J connectivity index is 2.03. The Hall–Kier alpha value is -1.71. The average Bonchev–Trinajstić information content (AvgIpc) is 2.43. The number of carbonyl (C=O) groups is 1. The summed E-state index contributed by atoms with van der Waals surface area (Å²) < 4.78 is 0. The zero-order valence-electron chi connectivity index (χ0n) is 12.1. The van der Waals surface area contributed by atoms with Gasteiger partial charge in [-0.25, -0.2) is 4.79 Å². The Labute approximate surface area is 120 Å². The molecule has 1 saturated carbocycles. The van der Waals surface area contributed by atoms with Crippen LogP contribution in [0.3, 0.4) is 0 Å². The Morgan fingerprint density at radius 3 is 2.65 bits per heavy atom. The van der Waals surface area contributed by atoms with E-state index in [0.717, 1.165) is 18.8 Å². The number of carboxylic acid groups (broad SMARTS) is 1. The molecule has 20 heavy (non-hydrogen) atoms. The monoisotopic (exact) mass is 276 g/mol. The molecular weight excluding hydrogens is 252 g/mol. The first-order chi connectivity index (χ1) is 9.61. The Bertz CT molecular complexity index is 466.